The molecule has 0 fully saturated rings. The minimum absolute atomic E-state index is 0.0804. The first-order chi connectivity index (χ1) is 9.61. The van der Waals surface area contributed by atoms with Gasteiger partial charge in [-0.25, -0.2) is 4.79 Å². The average molecular weight is 267 g/mol. The van der Waals surface area contributed by atoms with Crippen LogP contribution >= 0.6 is 0 Å². The summed E-state index contributed by atoms with van der Waals surface area (Å²) < 4.78 is 4.75. The summed E-state index contributed by atoms with van der Waals surface area (Å²) in [6.07, 6.45) is 0. The van der Waals surface area contributed by atoms with E-state index in [0.29, 0.717) is 27.4 Å². The molecule has 1 N–H and O–H groups in total. The molecule has 0 aliphatic carbocycles. The van der Waals surface area contributed by atoms with E-state index >= 15 is 0 Å². The summed E-state index contributed by atoms with van der Waals surface area (Å²) in [6, 6.07) is 10.7. The van der Waals surface area contributed by atoms with Crippen molar-refractivity contribution in [3.63, 3.8) is 0 Å². The number of rotatable bonds is 1. The predicted octanol–water partition coefficient (Wildman–Crippen LogP) is 2.78. The Kier molecular flexibility index (Phi) is 2.79. The van der Waals surface area contributed by atoms with Gasteiger partial charge in [-0.05, 0) is 31.2 Å². The van der Waals surface area contributed by atoms with Gasteiger partial charge in [0.05, 0.1) is 18.2 Å². The second kappa shape index (κ2) is 4.49. The molecule has 0 atom stereocenters. The SMILES string of the molecule is COC(=O)c1cccc2c(=O)c3cc(C)ccc3[nH]c12. The molecule has 20 heavy (non-hydrogen) atoms. The number of H-pyrrole nitrogens is 1. The van der Waals surface area contributed by atoms with Crippen molar-refractivity contribution in [2.75, 3.05) is 7.11 Å². The third kappa shape index (κ3) is 1.77. The fourth-order valence-electron chi connectivity index (χ4n) is 2.39. The number of benzene rings is 2. The highest BCUT2D eigenvalue weighted by molar-refractivity contribution is 6.05. The lowest BCUT2D eigenvalue weighted by Crippen LogP contribution is -2.09. The van der Waals surface area contributed by atoms with Gasteiger partial charge in [0, 0.05) is 16.3 Å². The van der Waals surface area contributed by atoms with Crippen LogP contribution in [0.3, 0.4) is 0 Å². The highest BCUT2D eigenvalue weighted by atomic mass is 16.5. The van der Waals surface area contributed by atoms with Crippen LogP contribution in [0.4, 0.5) is 0 Å². The number of hydrogen-bond donors (Lipinski definition) is 1. The van der Waals surface area contributed by atoms with E-state index in [1.807, 2.05) is 25.1 Å². The molecule has 0 aliphatic heterocycles. The lowest BCUT2D eigenvalue weighted by atomic mass is 10.1. The molecule has 1 aromatic heterocycles. The molecule has 3 aromatic rings. The number of fused-ring (bicyclic) bond motifs is 2. The molecule has 4 nitrogen and oxygen atoms in total. The molecule has 3 rings (SSSR count). The molecule has 0 bridgehead atoms. The standard InChI is InChI=1S/C16H13NO3/c1-9-6-7-13-12(8-9)15(18)10-4-3-5-11(14(10)17-13)16(19)20-2/h3-8H,1-2H3,(H,17,18). The van der Waals surface area contributed by atoms with Gasteiger partial charge in [0.15, 0.2) is 5.43 Å². The van der Waals surface area contributed by atoms with E-state index in [9.17, 15) is 9.59 Å². The minimum Gasteiger partial charge on any atom is -0.465 e. The molecule has 1 heterocycles. The zero-order valence-corrected chi connectivity index (χ0v) is 11.2. The third-order valence-corrected chi connectivity index (χ3v) is 3.39. The molecule has 4 heteroatoms. The van der Waals surface area contributed by atoms with Crippen LogP contribution in [0, 0.1) is 6.92 Å². The Morgan fingerprint density at radius 2 is 1.95 bits per heavy atom. The second-order valence-electron chi connectivity index (χ2n) is 4.72. The lowest BCUT2D eigenvalue weighted by Gasteiger charge is -2.07. The summed E-state index contributed by atoms with van der Waals surface area (Å²) in [7, 11) is 1.32. The van der Waals surface area contributed by atoms with Gasteiger partial charge in [0.2, 0.25) is 0 Å². The lowest BCUT2D eigenvalue weighted by molar-refractivity contribution is 0.0603. The number of pyridine rings is 1. The van der Waals surface area contributed by atoms with Crippen LogP contribution in [0.25, 0.3) is 21.8 Å². The zero-order valence-electron chi connectivity index (χ0n) is 11.2. The molecule has 100 valence electrons. The summed E-state index contributed by atoms with van der Waals surface area (Å²) in [6.45, 7) is 1.94. The molecule has 0 amide bonds. The Hall–Kier alpha value is -2.62. The van der Waals surface area contributed by atoms with E-state index in [2.05, 4.69) is 4.98 Å². The van der Waals surface area contributed by atoms with Gasteiger partial charge in [0.25, 0.3) is 0 Å². The van der Waals surface area contributed by atoms with Crippen LogP contribution in [-0.4, -0.2) is 18.1 Å². The first-order valence-corrected chi connectivity index (χ1v) is 6.25. The Morgan fingerprint density at radius 3 is 2.70 bits per heavy atom. The number of carbonyl (C=O) groups is 1. The normalized spacial score (nSPS) is 10.9. The molecule has 0 saturated carbocycles. The maximum Gasteiger partial charge on any atom is 0.339 e. The first kappa shape index (κ1) is 12.4. The summed E-state index contributed by atoms with van der Waals surface area (Å²) >= 11 is 0. The third-order valence-electron chi connectivity index (χ3n) is 3.39. The topological polar surface area (TPSA) is 59.2 Å². The summed E-state index contributed by atoms with van der Waals surface area (Å²) in [5, 5.41) is 1.12. The quantitative estimate of drug-likeness (QED) is 0.545. The number of hydrogen-bond acceptors (Lipinski definition) is 3. The van der Waals surface area contributed by atoms with Crippen LogP contribution in [0.5, 0.6) is 0 Å². The van der Waals surface area contributed by atoms with Crippen molar-refractivity contribution < 1.29 is 9.53 Å². The van der Waals surface area contributed by atoms with Gasteiger partial charge in [-0.3, -0.25) is 4.79 Å². The van der Waals surface area contributed by atoms with Crippen LogP contribution < -0.4 is 5.43 Å². The molecule has 0 unspecified atom stereocenters. The monoisotopic (exact) mass is 267 g/mol. The van der Waals surface area contributed by atoms with E-state index in [1.165, 1.54) is 7.11 Å². The Labute approximate surface area is 115 Å². The predicted molar refractivity (Wildman–Crippen MR) is 78.2 cm³/mol. The van der Waals surface area contributed by atoms with Gasteiger partial charge in [0.1, 0.15) is 0 Å². The van der Waals surface area contributed by atoms with Gasteiger partial charge in [-0.15, -0.1) is 0 Å². The van der Waals surface area contributed by atoms with Crippen LogP contribution in [-0.2, 0) is 4.74 Å². The first-order valence-electron chi connectivity index (χ1n) is 6.25. The Morgan fingerprint density at radius 1 is 1.15 bits per heavy atom. The fourth-order valence-corrected chi connectivity index (χ4v) is 2.39. The van der Waals surface area contributed by atoms with Crippen LogP contribution in [0.2, 0.25) is 0 Å². The van der Waals surface area contributed by atoms with Crippen LogP contribution in [0.15, 0.2) is 41.2 Å². The van der Waals surface area contributed by atoms with Crippen molar-refractivity contribution in [3.8, 4) is 0 Å². The van der Waals surface area contributed by atoms with Crippen molar-refractivity contribution in [1.82, 2.24) is 4.98 Å². The van der Waals surface area contributed by atoms with Crippen molar-refractivity contribution >= 4 is 27.8 Å². The number of esters is 1. The maximum atomic E-state index is 12.5. The summed E-state index contributed by atoms with van der Waals surface area (Å²) in [5.74, 6) is -0.460. The van der Waals surface area contributed by atoms with E-state index in [0.717, 1.165) is 5.56 Å². The number of methoxy groups -OCH3 is 1. The molecule has 0 spiro atoms. The number of nitrogens with one attached hydrogen (secondary N) is 1. The molecule has 2 aromatic carbocycles. The minimum atomic E-state index is -0.460. The van der Waals surface area contributed by atoms with E-state index in [4.69, 9.17) is 4.74 Å². The van der Waals surface area contributed by atoms with E-state index < -0.39 is 5.97 Å². The van der Waals surface area contributed by atoms with Crippen molar-refractivity contribution in [3.05, 3.63) is 57.7 Å². The Balaban J connectivity index is 2.50. The summed E-state index contributed by atoms with van der Waals surface area (Å²) in [5.41, 5.74) is 2.53. The van der Waals surface area contributed by atoms with Crippen molar-refractivity contribution in [2.24, 2.45) is 0 Å². The number of aromatic amines is 1. The van der Waals surface area contributed by atoms with E-state index in [-0.39, 0.29) is 5.43 Å². The van der Waals surface area contributed by atoms with Crippen LogP contribution in [0.1, 0.15) is 15.9 Å². The molecular formula is C16H13NO3. The smallest absolute Gasteiger partial charge is 0.339 e. The summed E-state index contributed by atoms with van der Waals surface area (Å²) in [4.78, 5) is 27.5. The maximum absolute atomic E-state index is 12.5. The van der Waals surface area contributed by atoms with Gasteiger partial charge in [-0.2, -0.15) is 0 Å². The number of ether oxygens (including phenoxy) is 1. The Bertz CT molecular complexity index is 893. The zero-order chi connectivity index (χ0) is 14.3. The highest BCUT2D eigenvalue weighted by Gasteiger charge is 2.13. The van der Waals surface area contributed by atoms with Gasteiger partial charge >= 0.3 is 5.97 Å². The average Bonchev–Trinajstić information content (AvgIpc) is 2.47. The largest absolute Gasteiger partial charge is 0.465 e. The number of aromatic nitrogens is 1. The molecule has 0 saturated heterocycles. The van der Waals surface area contributed by atoms with Gasteiger partial charge in [-0.1, -0.05) is 17.7 Å². The fraction of sp³-hybridized carbons (Fsp3) is 0.125. The van der Waals surface area contributed by atoms with Gasteiger partial charge < -0.3 is 9.72 Å². The number of carbonyl (C=O) groups excluding carboxylic acids is 1. The molecule has 0 aliphatic rings. The number of para-hydroxylation sites is 1. The van der Waals surface area contributed by atoms with Crippen molar-refractivity contribution in [2.45, 2.75) is 6.92 Å². The second-order valence-corrected chi connectivity index (χ2v) is 4.72. The number of aryl methyl sites for hydroxylation is 1. The van der Waals surface area contributed by atoms with Crippen molar-refractivity contribution in [1.29, 1.82) is 0 Å². The molecular weight excluding hydrogens is 254 g/mol. The van der Waals surface area contributed by atoms with E-state index in [1.54, 1.807) is 18.2 Å². The molecule has 0 radical (unpaired) electrons. The highest BCUT2D eigenvalue weighted by Crippen LogP contribution is 2.19.